The standard InChI is InChI=1S/C29H40N5O2/c1-2-3-12-32-14-16-33(17-15-32)13-4-5-20-36-26-9-6-24(7-10-26)29-30-27-11-8-25(23-28(27)31-29)34-18-21-35-22-19-34/h2,6-11,23H,3-5,12-22H2,1H3,(H,30,31). The second-order valence-corrected chi connectivity index (χ2v) is 9.85. The quantitative estimate of drug-likeness (QED) is 0.401. The molecule has 3 aromatic rings. The van der Waals surface area contributed by atoms with E-state index >= 15 is 0 Å². The average Bonchev–Trinajstić information content (AvgIpc) is 3.37. The molecule has 1 N–H and O–H groups in total. The summed E-state index contributed by atoms with van der Waals surface area (Å²) in [5.74, 6) is 1.81. The molecule has 7 heteroatoms. The van der Waals surface area contributed by atoms with Crippen LogP contribution in [-0.2, 0) is 4.74 Å². The number of ether oxygens (including phenoxy) is 2. The topological polar surface area (TPSA) is 56.9 Å². The molecule has 1 aromatic heterocycles. The molecule has 0 unspecified atom stereocenters. The summed E-state index contributed by atoms with van der Waals surface area (Å²) >= 11 is 0. The molecule has 5 rings (SSSR count). The average molecular weight is 491 g/mol. The van der Waals surface area contributed by atoms with Crippen molar-refractivity contribution in [3.63, 3.8) is 0 Å². The van der Waals surface area contributed by atoms with Crippen molar-refractivity contribution in [1.82, 2.24) is 19.8 Å². The lowest BCUT2D eigenvalue weighted by molar-refractivity contribution is 0.122. The van der Waals surface area contributed by atoms with Crippen molar-refractivity contribution in [3.05, 3.63) is 48.9 Å². The smallest absolute Gasteiger partial charge is 0.138 e. The molecule has 7 nitrogen and oxygen atoms in total. The van der Waals surface area contributed by atoms with Gasteiger partial charge in [0.25, 0.3) is 0 Å². The number of piperazine rings is 1. The number of aromatic amines is 1. The van der Waals surface area contributed by atoms with E-state index in [0.29, 0.717) is 0 Å². The first-order chi connectivity index (χ1) is 17.8. The van der Waals surface area contributed by atoms with Crippen LogP contribution in [0.5, 0.6) is 5.75 Å². The number of hydrogen-bond acceptors (Lipinski definition) is 6. The van der Waals surface area contributed by atoms with Gasteiger partial charge in [-0.2, -0.15) is 0 Å². The fourth-order valence-electron chi connectivity index (χ4n) is 5.04. The zero-order valence-electron chi connectivity index (χ0n) is 21.6. The number of nitrogens with one attached hydrogen (secondary N) is 1. The number of anilines is 1. The highest BCUT2D eigenvalue weighted by Crippen LogP contribution is 2.26. The molecule has 2 fully saturated rings. The van der Waals surface area contributed by atoms with Gasteiger partial charge in [0.2, 0.25) is 0 Å². The molecule has 2 aromatic carbocycles. The molecule has 0 aliphatic carbocycles. The van der Waals surface area contributed by atoms with E-state index in [-0.39, 0.29) is 0 Å². The Hall–Kier alpha value is -2.61. The predicted octanol–water partition coefficient (Wildman–Crippen LogP) is 4.46. The van der Waals surface area contributed by atoms with Crippen LogP contribution in [0.1, 0.15) is 26.2 Å². The van der Waals surface area contributed by atoms with E-state index in [1.807, 2.05) is 0 Å². The molecule has 0 spiro atoms. The number of imidazole rings is 1. The maximum Gasteiger partial charge on any atom is 0.138 e. The monoisotopic (exact) mass is 490 g/mol. The highest BCUT2D eigenvalue weighted by molar-refractivity contribution is 5.83. The summed E-state index contributed by atoms with van der Waals surface area (Å²) in [6.07, 6.45) is 5.74. The van der Waals surface area contributed by atoms with Gasteiger partial charge in [0.15, 0.2) is 0 Å². The van der Waals surface area contributed by atoms with Gasteiger partial charge in [-0.25, -0.2) is 4.98 Å². The molecular formula is C29H40N5O2. The summed E-state index contributed by atoms with van der Waals surface area (Å²) in [6.45, 7) is 13.5. The number of H-pyrrole nitrogens is 1. The third-order valence-corrected chi connectivity index (χ3v) is 7.31. The molecule has 2 aliphatic heterocycles. The van der Waals surface area contributed by atoms with Crippen LogP contribution in [0.2, 0.25) is 0 Å². The van der Waals surface area contributed by atoms with Crippen LogP contribution >= 0.6 is 0 Å². The molecule has 193 valence electrons. The van der Waals surface area contributed by atoms with E-state index in [9.17, 15) is 0 Å². The van der Waals surface area contributed by atoms with E-state index in [4.69, 9.17) is 14.5 Å². The van der Waals surface area contributed by atoms with Gasteiger partial charge >= 0.3 is 0 Å². The van der Waals surface area contributed by atoms with Crippen molar-refractivity contribution < 1.29 is 9.47 Å². The third-order valence-electron chi connectivity index (χ3n) is 7.31. The Labute approximate surface area is 215 Å². The molecule has 0 atom stereocenters. The number of aromatic nitrogens is 2. The van der Waals surface area contributed by atoms with Gasteiger partial charge in [-0.05, 0) is 81.2 Å². The first-order valence-electron chi connectivity index (χ1n) is 13.6. The number of rotatable bonds is 11. The molecular weight excluding hydrogens is 450 g/mol. The Kier molecular flexibility index (Phi) is 8.75. The molecule has 36 heavy (non-hydrogen) atoms. The van der Waals surface area contributed by atoms with Crippen LogP contribution in [0.25, 0.3) is 22.4 Å². The number of morpholine rings is 1. The Morgan fingerprint density at radius 3 is 2.42 bits per heavy atom. The molecule has 0 saturated carbocycles. The van der Waals surface area contributed by atoms with E-state index in [1.165, 1.54) is 57.8 Å². The molecule has 2 aliphatic rings. The maximum atomic E-state index is 6.01. The minimum Gasteiger partial charge on any atom is -0.494 e. The van der Waals surface area contributed by atoms with Crippen molar-refractivity contribution in [1.29, 1.82) is 0 Å². The van der Waals surface area contributed by atoms with Gasteiger partial charge in [-0.15, -0.1) is 0 Å². The summed E-state index contributed by atoms with van der Waals surface area (Å²) in [4.78, 5) is 15.8. The summed E-state index contributed by atoms with van der Waals surface area (Å²) in [7, 11) is 0. The summed E-state index contributed by atoms with van der Waals surface area (Å²) in [5.41, 5.74) is 4.35. The Morgan fingerprint density at radius 2 is 1.67 bits per heavy atom. The van der Waals surface area contributed by atoms with E-state index in [0.717, 1.165) is 67.5 Å². The zero-order valence-corrected chi connectivity index (χ0v) is 21.6. The molecule has 2 saturated heterocycles. The second-order valence-electron chi connectivity index (χ2n) is 9.85. The van der Waals surface area contributed by atoms with Gasteiger partial charge < -0.3 is 29.2 Å². The second kappa shape index (κ2) is 12.6. The van der Waals surface area contributed by atoms with Crippen molar-refractivity contribution in [2.75, 3.05) is 77.1 Å². The summed E-state index contributed by atoms with van der Waals surface area (Å²) < 4.78 is 11.5. The fraction of sp³-hybridized carbons (Fsp3) is 0.517. The van der Waals surface area contributed by atoms with Gasteiger partial charge in [-0.3, -0.25) is 0 Å². The fourth-order valence-corrected chi connectivity index (χ4v) is 5.04. The van der Waals surface area contributed by atoms with Crippen LogP contribution in [0, 0.1) is 6.42 Å². The van der Waals surface area contributed by atoms with Gasteiger partial charge in [0.1, 0.15) is 11.6 Å². The summed E-state index contributed by atoms with van der Waals surface area (Å²) in [6, 6.07) is 14.7. The lowest BCUT2D eigenvalue weighted by Gasteiger charge is -2.34. The maximum absolute atomic E-state index is 6.01. The van der Waals surface area contributed by atoms with Crippen LogP contribution in [-0.4, -0.2) is 91.9 Å². The van der Waals surface area contributed by atoms with Crippen molar-refractivity contribution in [2.24, 2.45) is 0 Å². The minimum absolute atomic E-state index is 0.764. The van der Waals surface area contributed by atoms with Gasteiger partial charge in [0.05, 0.1) is 30.9 Å². The van der Waals surface area contributed by atoms with Crippen molar-refractivity contribution >= 4 is 16.7 Å². The van der Waals surface area contributed by atoms with Crippen LogP contribution in [0.4, 0.5) is 5.69 Å². The summed E-state index contributed by atoms with van der Waals surface area (Å²) in [5, 5.41) is 0. The number of unbranched alkanes of at least 4 members (excludes halogenated alkanes) is 2. The molecule has 0 bridgehead atoms. The van der Waals surface area contributed by atoms with Gasteiger partial charge in [-0.1, -0.05) is 6.92 Å². The van der Waals surface area contributed by atoms with Crippen molar-refractivity contribution in [3.8, 4) is 17.1 Å². The normalized spacial score (nSPS) is 17.6. The van der Waals surface area contributed by atoms with Gasteiger partial charge in [0, 0.05) is 50.5 Å². The van der Waals surface area contributed by atoms with Crippen LogP contribution in [0.3, 0.4) is 0 Å². The first-order valence-corrected chi connectivity index (χ1v) is 13.6. The number of nitrogens with zero attached hydrogens (tertiary/aromatic N) is 4. The minimum atomic E-state index is 0.764. The first kappa shape index (κ1) is 25.1. The lowest BCUT2D eigenvalue weighted by atomic mass is 10.2. The predicted molar refractivity (Wildman–Crippen MR) is 147 cm³/mol. The third kappa shape index (κ3) is 6.58. The SMILES string of the molecule is C[CH]CCN1CCN(CCCCOc2ccc(-c3nc4ccc(N5CCOCC5)cc4[nH]3)cc2)CC1. The Bertz CT molecular complexity index is 1070. The highest BCUT2D eigenvalue weighted by Gasteiger charge is 2.16. The number of hydrogen-bond donors (Lipinski definition) is 1. The number of fused-ring (bicyclic) bond motifs is 1. The largest absolute Gasteiger partial charge is 0.494 e. The molecule has 0 amide bonds. The van der Waals surface area contributed by atoms with E-state index < -0.39 is 0 Å². The molecule has 3 heterocycles. The van der Waals surface area contributed by atoms with E-state index in [2.05, 4.69) is 75.5 Å². The number of benzene rings is 2. The zero-order chi connectivity index (χ0) is 24.6. The lowest BCUT2D eigenvalue weighted by Crippen LogP contribution is -2.46. The van der Waals surface area contributed by atoms with E-state index in [1.54, 1.807) is 0 Å². The van der Waals surface area contributed by atoms with Crippen LogP contribution in [0.15, 0.2) is 42.5 Å². The molecule has 1 radical (unpaired) electrons. The Balaban J connectivity index is 1.05. The van der Waals surface area contributed by atoms with Crippen LogP contribution < -0.4 is 9.64 Å². The van der Waals surface area contributed by atoms with Crippen molar-refractivity contribution in [2.45, 2.75) is 26.2 Å². The Morgan fingerprint density at radius 1 is 0.917 bits per heavy atom. The highest BCUT2D eigenvalue weighted by atomic mass is 16.5.